The van der Waals surface area contributed by atoms with E-state index >= 15 is 0 Å². The number of morpholine rings is 1. The van der Waals surface area contributed by atoms with Crippen LogP contribution < -0.4 is 0 Å². The van der Waals surface area contributed by atoms with Gasteiger partial charge in [0.15, 0.2) is 0 Å². The highest BCUT2D eigenvalue weighted by Gasteiger charge is 2.76. The molecule has 0 aliphatic carbocycles. The van der Waals surface area contributed by atoms with Crippen LogP contribution in [-0.4, -0.2) is 122 Å². The van der Waals surface area contributed by atoms with E-state index in [1.165, 1.54) is 11.8 Å². The van der Waals surface area contributed by atoms with Gasteiger partial charge in [-0.15, -0.1) is 18.3 Å². The molecule has 0 saturated carbocycles. The smallest absolute Gasteiger partial charge is 0.308 e. The highest BCUT2D eigenvalue weighted by molar-refractivity contribution is 9.09. The van der Waals surface area contributed by atoms with Crippen LogP contribution in [0.25, 0.3) is 0 Å². The van der Waals surface area contributed by atoms with Crippen LogP contribution in [0.5, 0.6) is 0 Å². The Kier molecular flexibility index (Phi) is 8.22. The predicted octanol–water partition coefficient (Wildman–Crippen LogP) is 0.899. The number of aliphatic hydroxyl groups excluding tert-OH is 1. The summed E-state index contributed by atoms with van der Waals surface area (Å²) in [5.41, 5.74) is 0. The number of thioether (sulfide) groups is 1. The number of likely N-dealkylation sites (tertiary alicyclic amines) is 1. The molecule has 0 aromatic carbocycles. The van der Waals surface area contributed by atoms with Crippen molar-refractivity contribution in [1.29, 1.82) is 0 Å². The zero-order valence-electron chi connectivity index (χ0n) is 20.3. The molecule has 4 rings (SSSR count). The third-order valence-corrected chi connectivity index (χ3v) is 11.2. The van der Waals surface area contributed by atoms with Crippen LogP contribution in [0.1, 0.15) is 20.3 Å². The first-order valence-electron chi connectivity index (χ1n) is 12.4. The lowest BCUT2D eigenvalue weighted by Crippen LogP contribution is -2.59. The second-order valence-corrected chi connectivity index (χ2v) is 13.0. The van der Waals surface area contributed by atoms with E-state index in [1.54, 1.807) is 15.9 Å². The van der Waals surface area contributed by atoms with Crippen LogP contribution >= 0.6 is 27.7 Å². The summed E-state index contributed by atoms with van der Waals surface area (Å²) < 4.78 is 4.59. The zero-order chi connectivity index (χ0) is 25.5. The summed E-state index contributed by atoms with van der Waals surface area (Å²) in [6.45, 7) is 11.8. The highest BCUT2D eigenvalue weighted by Crippen LogP contribution is 2.68. The zero-order valence-corrected chi connectivity index (χ0v) is 22.7. The van der Waals surface area contributed by atoms with E-state index < -0.39 is 34.6 Å². The third kappa shape index (κ3) is 4.56. The monoisotopic (exact) mass is 573 g/mol. The standard InChI is InChI=1S/C24H36BrN3O6S/c1-4-5-27(7-6-26-8-10-34-11-9-26)22(31)20-24-12-15(25)19(35-24)17(23(32)33)18(24)21(30)28(20)16(13-29)14(2)3/h4,14-20,29H,1,5-13H2,2-3H3,(H,32,33)/t15?,16-,17+,18-,19+,20?,24?/m0/s1. The molecule has 3 unspecified atom stereocenters. The Hall–Kier alpha value is -1.14. The lowest BCUT2D eigenvalue weighted by atomic mass is 9.71. The number of fused-ring (bicyclic) bond motifs is 1. The molecule has 7 atom stereocenters. The molecule has 196 valence electrons. The van der Waals surface area contributed by atoms with Crippen LogP contribution in [0.15, 0.2) is 12.7 Å². The van der Waals surface area contributed by atoms with E-state index in [1.807, 2.05) is 13.8 Å². The lowest BCUT2D eigenvalue weighted by molar-refractivity contribution is -0.150. The van der Waals surface area contributed by atoms with Gasteiger partial charge in [-0.3, -0.25) is 19.3 Å². The number of carboxylic acids is 1. The van der Waals surface area contributed by atoms with Gasteiger partial charge in [-0.1, -0.05) is 35.9 Å². The van der Waals surface area contributed by atoms with E-state index in [4.69, 9.17) is 4.74 Å². The maximum Gasteiger partial charge on any atom is 0.308 e. The Labute approximate surface area is 219 Å². The van der Waals surface area contributed by atoms with E-state index in [0.717, 1.165) is 13.1 Å². The summed E-state index contributed by atoms with van der Waals surface area (Å²) in [6.07, 6.45) is 2.23. The minimum Gasteiger partial charge on any atom is -0.481 e. The second kappa shape index (κ2) is 10.7. The van der Waals surface area contributed by atoms with Gasteiger partial charge in [0, 0.05) is 42.8 Å². The molecule has 4 heterocycles. The van der Waals surface area contributed by atoms with Crippen LogP contribution in [0, 0.1) is 17.8 Å². The van der Waals surface area contributed by atoms with E-state index in [0.29, 0.717) is 39.3 Å². The van der Waals surface area contributed by atoms with Crippen molar-refractivity contribution < 1.29 is 29.3 Å². The highest BCUT2D eigenvalue weighted by atomic mass is 79.9. The minimum atomic E-state index is -1.000. The quantitative estimate of drug-likeness (QED) is 0.293. The average Bonchev–Trinajstić information content (AvgIpc) is 3.41. The SMILES string of the molecule is C=CCN(CCN1CCOCC1)C(=O)C1N([C@@H](CO)C(C)C)C(=O)[C@@H]2[C@@H](C(=O)O)[C@@H]3SC12CC3Br. The van der Waals surface area contributed by atoms with Gasteiger partial charge in [0.1, 0.15) is 6.04 Å². The molecule has 9 nitrogen and oxygen atoms in total. The molecule has 2 N–H and O–H groups in total. The van der Waals surface area contributed by atoms with Crippen LogP contribution in [-0.2, 0) is 19.1 Å². The fourth-order valence-corrected chi connectivity index (χ4v) is 9.90. The molecule has 2 amide bonds. The first-order chi connectivity index (χ1) is 16.7. The van der Waals surface area contributed by atoms with Gasteiger partial charge < -0.3 is 24.7 Å². The van der Waals surface area contributed by atoms with Gasteiger partial charge in [0.2, 0.25) is 11.8 Å². The molecule has 2 bridgehead atoms. The van der Waals surface area contributed by atoms with Crippen molar-refractivity contribution in [2.75, 3.05) is 52.5 Å². The second-order valence-electron chi connectivity index (χ2n) is 10.3. The molecule has 4 aliphatic rings. The average molecular weight is 575 g/mol. The Bertz CT molecular complexity index is 855. The first-order valence-corrected chi connectivity index (χ1v) is 14.1. The van der Waals surface area contributed by atoms with Crippen LogP contribution in [0.3, 0.4) is 0 Å². The number of carbonyl (C=O) groups is 3. The molecule has 1 spiro atoms. The first kappa shape index (κ1) is 26.9. The molecule has 4 saturated heterocycles. The van der Waals surface area contributed by atoms with Gasteiger partial charge in [0.25, 0.3) is 0 Å². The number of amides is 2. The van der Waals surface area contributed by atoms with Crippen molar-refractivity contribution in [3.8, 4) is 0 Å². The summed E-state index contributed by atoms with van der Waals surface area (Å²) in [5, 5.41) is 20.1. The number of carbonyl (C=O) groups excluding carboxylic acids is 2. The fourth-order valence-electron chi connectivity index (χ4n) is 6.31. The minimum absolute atomic E-state index is 0.0964. The normalized spacial score (nSPS) is 35.4. The Morgan fingerprint density at radius 1 is 1.37 bits per heavy atom. The summed E-state index contributed by atoms with van der Waals surface area (Å²) in [6, 6.07) is -1.40. The molecule has 4 fully saturated rings. The van der Waals surface area contributed by atoms with Gasteiger partial charge in [0.05, 0.1) is 42.4 Å². The van der Waals surface area contributed by atoms with Crippen molar-refractivity contribution in [1.82, 2.24) is 14.7 Å². The number of hydrogen-bond acceptors (Lipinski definition) is 7. The Morgan fingerprint density at radius 2 is 2.06 bits per heavy atom. The lowest BCUT2D eigenvalue weighted by Gasteiger charge is -2.41. The number of alkyl halides is 1. The molecule has 0 radical (unpaired) electrons. The molecule has 0 aromatic heterocycles. The number of hydrogen-bond donors (Lipinski definition) is 2. The maximum absolute atomic E-state index is 14.3. The van der Waals surface area contributed by atoms with Gasteiger partial charge in [-0.2, -0.15) is 0 Å². The van der Waals surface area contributed by atoms with E-state index in [-0.39, 0.29) is 34.4 Å². The maximum atomic E-state index is 14.3. The fraction of sp³-hybridized carbons (Fsp3) is 0.792. The summed E-state index contributed by atoms with van der Waals surface area (Å²) >= 11 is 5.15. The number of nitrogens with zero attached hydrogens (tertiary/aromatic N) is 3. The van der Waals surface area contributed by atoms with Crippen LogP contribution in [0.4, 0.5) is 0 Å². The number of carboxylic acid groups (broad SMARTS) is 1. The largest absolute Gasteiger partial charge is 0.481 e. The molecular weight excluding hydrogens is 538 g/mol. The summed E-state index contributed by atoms with van der Waals surface area (Å²) in [4.78, 5) is 46.0. The van der Waals surface area contributed by atoms with Crippen molar-refractivity contribution in [3.63, 3.8) is 0 Å². The van der Waals surface area contributed by atoms with Crippen molar-refractivity contribution >= 4 is 45.5 Å². The summed E-state index contributed by atoms with van der Waals surface area (Å²) in [5.74, 6) is -3.24. The molecule has 35 heavy (non-hydrogen) atoms. The Morgan fingerprint density at radius 3 is 2.63 bits per heavy atom. The van der Waals surface area contributed by atoms with Crippen molar-refractivity contribution in [3.05, 3.63) is 12.7 Å². The predicted molar refractivity (Wildman–Crippen MR) is 136 cm³/mol. The number of rotatable bonds is 10. The van der Waals surface area contributed by atoms with E-state index in [9.17, 15) is 24.6 Å². The van der Waals surface area contributed by atoms with E-state index in [2.05, 4.69) is 27.4 Å². The molecule has 0 aromatic rings. The van der Waals surface area contributed by atoms with Crippen LogP contribution in [0.2, 0.25) is 0 Å². The topological polar surface area (TPSA) is 111 Å². The number of ether oxygens (including phenoxy) is 1. The number of aliphatic hydroxyl groups is 1. The molecule has 4 aliphatic heterocycles. The Balaban J connectivity index is 1.70. The molecule has 11 heteroatoms. The number of aliphatic carboxylic acids is 1. The number of halogens is 1. The third-order valence-electron chi connectivity index (χ3n) is 8.01. The summed E-state index contributed by atoms with van der Waals surface area (Å²) in [7, 11) is 0. The van der Waals surface area contributed by atoms with Crippen molar-refractivity contribution in [2.45, 2.75) is 47.2 Å². The molecular formula is C24H36BrN3O6S. The van der Waals surface area contributed by atoms with Crippen molar-refractivity contribution in [2.24, 2.45) is 17.8 Å². The van der Waals surface area contributed by atoms with Gasteiger partial charge in [-0.05, 0) is 12.3 Å². The van der Waals surface area contributed by atoms with Gasteiger partial charge in [-0.25, -0.2) is 0 Å². The van der Waals surface area contributed by atoms with Gasteiger partial charge >= 0.3 is 5.97 Å².